The van der Waals surface area contributed by atoms with Crippen LogP contribution in [0.25, 0.3) is 0 Å². The summed E-state index contributed by atoms with van der Waals surface area (Å²) in [4.78, 5) is 11.3. The van der Waals surface area contributed by atoms with Crippen molar-refractivity contribution in [3.8, 4) is 0 Å². The lowest BCUT2D eigenvalue weighted by Crippen LogP contribution is -2.48. The molecule has 0 aromatic rings. The maximum absolute atomic E-state index is 11.3. The summed E-state index contributed by atoms with van der Waals surface area (Å²) in [5.74, 6) is 2.28. The molecule has 0 spiro atoms. The van der Waals surface area contributed by atoms with Crippen LogP contribution in [0, 0.1) is 0 Å². The number of thioether (sulfide) groups is 1. The zero-order valence-electron chi connectivity index (χ0n) is 9.63. The average molecular weight is 232 g/mol. The highest BCUT2D eigenvalue weighted by Gasteiger charge is 2.18. The molecule has 0 aromatic heterocycles. The Bertz CT molecular complexity index is 210. The third kappa shape index (κ3) is 5.89. The van der Waals surface area contributed by atoms with E-state index in [1.54, 1.807) is 0 Å². The quantitative estimate of drug-likeness (QED) is 0.714. The highest BCUT2D eigenvalue weighted by Crippen LogP contribution is 2.16. The highest BCUT2D eigenvalue weighted by molar-refractivity contribution is 7.99. The van der Waals surface area contributed by atoms with Gasteiger partial charge in [0.05, 0.1) is 0 Å². The summed E-state index contributed by atoms with van der Waals surface area (Å²) in [6.45, 7) is 5.55. The molecule has 88 valence electrons. The molecule has 0 bridgehead atoms. The van der Waals surface area contributed by atoms with Gasteiger partial charge in [-0.1, -0.05) is 0 Å². The molecule has 1 aliphatic heterocycles. The van der Waals surface area contributed by atoms with Crippen LogP contribution in [0.1, 0.15) is 33.6 Å². The van der Waals surface area contributed by atoms with Crippen molar-refractivity contribution in [2.45, 2.75) is 45.3 Å². The summed E-state index contributed by atoms with van der Waals surface area (Å²) in [5, 5.41) is 0. The Morgan fingerprint density at radius 2 is 2.20 bits per heavy atom. The topological polar surface area (TPSA) is 50.4 Å². The van der Waals surface area contributed by atoms with E-state index in [-0.39, 0.29) is 0 Å². The molecule has 0 radical (unpaired) electrons. The van der Waals surface area contributed by atoms with Crippen molar-refractivity contribution in [3.05, 3.63) is 0 Å². The fraction of sp³-hybridized carbons (Fsp3) is 0.900. The molecule has 1 heterocycles. The molecule has 0 saturated carbocycles. The number of amides is 1. The summed E-state index contributed by atoms with van der Waals surface area (Å²) >= 11 is 1.91. The third-order valence-corrected chi connectivity index (χ3v) is 3.15. The highest BCUT2D eigenvalue weighted by atomic mass is 32.2. The smallest absolute Gasteiger partial charge is 0.422 e. The molecule has 1 amide bonds. The van der Waals surface area contributed by atoms with Crippen molar-refractivity contribution in [3.63, 3.8) is 0 Å². The minimum absolute atomic E-state index is 0.372. The molecule has 0 aliphatic carbocycles. The molecule has 1 unspecified atom stereocenters. The number of carbonyl (C=O) groups is 1. The number of hydrogen-bond donors (Lipinski definition) is 2. The van der Waals surface area contributed by atoms with Crippen LogP contribution in [0.15, 0.2) is 0 Å². The fourth-order valence-electron chi connectivity index (χ4n) is 1.32. The summed E-state index contributed by atoms with van der Waals surface area (Å²) in [6.07, 6.45) is 1.92. The molecule has 1 rings (SSSR count). The lowest BCUT2D eigenvalue weighted by Gasteiger charge is -2.24. The fourth-order valence-corrected chi connectivity index (χ4v) is 2.39. The number of carbonyl (C=O) groups excluding carboxylic acids is 1. The normalized spacial score (nSPS) is 22.2. The first kappa shape index (κ1) is 12.6. The standard InChI is InChI=1S/C10H20N2O2S/c1-10(2,3)14-9(13)12-11-8-5-4-6-15-7-8/h8,11H,4-7H2,1-3H3,(H,12,13). The summed E-state index contributed by atoms with van der Waals surface area (Å²) in [6, 6.07) is 0.372. The van der Waals surface area contributed by atoms with Gasteiger partial charge in [0.1, 0.15) is 5.60 Å². The van der Waals surface area contributed by atoms with Crippen LogP contribution in [0.5, 0.6) is 0 Å². The zero-order chi connectivity index (χ0) is 11.3. The van der Waals surface area contributed by atoms with E-state index in [0.29, 0.717) is 6.04 Å². The van der Waals surface area contributed by atoms with Crippen LogP contribution in [0.3, 0.4) is 0 Å². The Hall–Kier alpha value is -0.420. The number of hydrazine groups is 1. The van der Waals surface area contributed by atoms with Crippen LogP contribution in [0.2, 0.25) is 0 Å². The first-order chi connectivity index (χ1) is 6.97. The van der Waals surface area contributed by atoms with E-state index in [1.807, 2.05) is 32.5 Å². The molecule has 1 fully saturated rings. The largest absolute Gasteiger partial charge is 0.443 e. The van der Waals surface area contributed by atoms with Gasteiger partial charge in [-0.05, 0) is 39.4 Å². The zero-order valence-corrected chi connectivity index (χ0v) is 10.4. The predicted molar refractivity (Wildman–Crippen MR) is 62.9 cm³/mol. The van der Waals surface area contributed by atoms with Gasteiger partial charge in [0.15, 0.2) is 0 Å². The van der Waals surface area contributed by atoms with Gasteiger partial charge < -0.3 is 4.74 Å². The van der Waals surface area contributed by atoms with Gasteiger partial charge in [-0.2, -0.15) is 11.8 Å². The number of ether oxygens (including phenoxy) is 1. The number of hydrogen-bond acceptors (Lipinski definition) is 4. The van der Waals surface area contributed by atoms with Crippen molar-refractivity contribution >= 4 is 17.9 Å². The van der Waals surface area contributed by atoms with Crippen molar-refractivity contribution in [2.75, 3.05) is 11.5 Å². The monoisotopic (exact) mass is 232 g/mol. The van der Waals surface area contributed by atoms with Gasteiger partial charge in [0.2, 0.25) is 0 Å². The summed E-state index contributed by atoms with van der Waals surface area (Å²) in [5.41, 5.74) is 5.15. The summed E-state index contributed by atoms with van der Waals surface area (Å²) < 4.78 is 5.11. The van der Waals surface area contributed by atoms with Gasteiger partial charge in [-0.25, -0.2) is 10.2 Å². The first-order valence-electron chi connectivity index (χ1n) is 5.29. The second kappa shape index (κ2) is 5.61. The maximum atomic E-state index is 11.3. The van der Waals surface area contributed by atoms with Crippen LogP contribution in [-0.2, 0) is 4.74 Å². The number of nitrogens with one attached hydrogen (secondary N) is 2. The van der Waals surface area contributed by atoms with E-state index in [9.17, 15) is 4.79 Å². The van der Waals surface area contributed by atoms with E-state index in [1.165, 1.54) is 12.2 Å². The lowest BCUT2D eigenvalue weighted by molar-refractivity contribution is 0.0489. The van der Waals surface area contributed by atoms with Crippen molar-refractivity contribution in [1.29, 1.82) is 0 Å². The van der Waals surface area contributed by atoms with Crippen molar-refractivity contribution < 1.29 is 9.53 Å². The Morgan fingerprint density at radius 3 is 2.73 bits per heavy atom. The maximum Gasteiger partial charge on any atom is 0.422 e. The van der Waals surface area contributed by atoms with E-state index in [0.717, 1.165) is 12.2 Å². The van der Waals surface area contributed by atoms with E-state index >= 15 is 0 Å². The predicted octanol–water partition coefficient (Wildman–Crippen LogP) is 1.91. The average Bonchev–Trinajstić information content (AvgIpc) is 2.14. The molecule has 5 heteroatoms. The van der Waals surface area contributed by atoms with Crippen LogP contribution in [0.4, 0.5) is 4.79 Å². The van der Waals surface area contributed by atoms with Crippen molar-refractivity contribution in [2.24, 2.45) is 0 Å². The van der Waals surface area contributed by atoms with Crippen LogP contribution >= 0.6 is 11.8 Å². The molecule has 2 N–H and O–H groups in total. The molecular formula is C10H20N2O2S. The van der Waals surface area contributed by atoms with Gasteiger partial charge in [0, 0.05) is 11.8 Å². The Kier molecular flexibility index (Phi) is 4.73. The minimum atomic E-state index is -0.437. The molecule has 1 atom stereocenters. The summed E-state index contributed by atoms with van der Waals surface area (Å²) in [7, 11) is 0. The Balaban J connectivity index is 2.15. The molecule has 1 saturated heterocycles. The van der Waals surface area contributed by atoms with Gasteiger partial charge in [0.25, 0.3) is 0 Å². The molecule has 15 heavy (non-hydrogen) atoms. The van der Waals surface area contributed by atoms with E-state index < -0.39 is 11.7 Å². The molecular weight excluding hydrogens is 212 g/mol. The van der Waals surface area contributed by atoms with E-state index in [2.05, 4.69) is 10.9 Å². The second-order valence-corrected chi connectivity index (χ2v) is 5.84. The first-order valence-corrected chi connectivity index (χ1v) is 6.45. The molecule has 0 aromatic carbocycles. The van der Waals surface area contributed by atoms with Crippen LogP contribution < -0.4 is 10.9 Å². The lowest BCUT2D eigenvalue weighted by atomic mass is 10.2. The SMILES string of the molecule is CC(C)(C)OC(=O)NNC1CCCSC1. The molecule has 4 nitrogen and oxygen atoms in total. The Labute approximate surface area is 95.5 Å². The molecule has 1 aliphatic rings. The van der Waals surface area contributed by atoms with E-state index in [4.69, 9.17) is 4.74 Å². The van der Waals surface area contributed by atoms with Crippen LogP contribution in [-0.4, -0.2) is 29.2 Å². The van der Waals surface area contributed by atoms with Crippen molar-refractivity contribution in [1.82, 2.24) is 10.9 Å². The van der Waals surface area contributed by atoms with Gasteiger partial charge in [-0.15, -0.1) is 0 Å². The minimum Gasteiger partial charge on any atom is -0.443 e. The van der Waals surface area contributed by atoms with Gasteiger partial charge >= 0.3 is 6.09 Å². The Morgan fingerprint density at radius 1 is 1.47 bits per heavy atom. The second-order valence-electron chi connectivity index (χ2n) is 4.69. The third-order valence-electron chi connectivity index (χ3n) is 1.94. The van der Waals surface area contributed by atoms with Gasteiger partial charge in [-0.3, -0.25) is 5.43 Å². The number of rotatable bonds is 2.